The quantitative estimate of drug-likeness (QED) is 0.0425. The number of ether oxygens (including phenoxy) is 3. The molecule has 2 heterocycles. The number of hydrogen-bond acceptors (Lipinski definition) is 10. The van der Waals surface area contributed by atoms with E-state index in [1.54, 1.807) is 6.08 Å². The summed E-state index contributed by atoms with van der Waals surface area (Å²) in [7, 11) is 0. The molecule has 1 aliphatic carbocycles. The van der Waals surface area contributed by atoms with Gasteiger partial charge in [-0.15, -0.1) is 0 Å². The second-order valence-corrected chi connectivity index (χ2v) is 15.4. The first kappa shape index (κ1) is 43.6. The molecule has 10 nitrogen and oxygen atoms in total. The Kier molecular flexibility index (Phi) is 15.4. The molecule has 0 bridgehead atoms. The highest BCUT2D eigenvalue weighted by Crippen LogP contribution is 2.37. The van der Waals surface area contributed by atoms with Crippen molar-refractivity contribution in [2.24, 2.45) is 11.8 Å². The summed E-state index contributed by atoms with van der Waals surface area (Å²) in [6, 6.07) is 19.3. The van der Waals surface area contributed by atoms with Gasteiger partial charge < -0.3 is 34.8 Å². The van der Waals surface area contributed by atoms with Gasteiger partial charge in [0.05, 0.1) is 17.8 Å². The van der Waals surface area contributed by atoms with E-state index in [4.69, 9.17) is 14.2 Å². The number of aliphatic hydroxyl groups excluding tert-OH is 3. The minimum Gasteiger partial charge on any atom is -0.491 e. The Balaban J connectivity index is 0.851. The van der Waals surface area contributed by atoms with E-state index < -0.39 is 36.0 Å². The molecule has 1 aliphatic heterocycles. The van der Waals surface area contributed by atoms with Crippen LogP contribution in [0.4, 0.5) is 18.9 Å². The number of nitrogens with one attached hydrogen (secondary N) is 1. The molecule has 6 rings (SSSR count). The number of fused-ring (bicyclic) bond motifs is 1. The zero-order valence-electron chi connectivity index (χ0n) is 33.3. The molecule has 4 N–H and O–H groups in total. The Morgan fingerprint density at radius 1 is 1.03 bits per heavy atom. The number of hydrogen-bond donors (Lipinski definition) is 4. The van der Waals surface area contributed by atoms with Crippen LogP contribution in [-0.2, 0) is 22.3 Å². The lowest BCUT2D eigenvalue weighted by Crippen LogP contribution is -2.26. The van der Waals surface area contributed by atoms with Crippen molar-refractivity contribution >= 4 is 22.4 Å². The summed E-state index contributed by atoms with van der Waals surface area (Å²) in [4.78, 5) is 19.1. The van der Waals surface area contributed by atoms with Crippen molar-refractivity contribution in [3.63, 3.8) is 0 Å². The van der Waals surface area contributed by atoms with Crippen LogP contribution in [0.1, 0.15) is 55.2 Å². The fourth-order valence-electron chi connectivity index (χ4n) is 7.80. The number of alkyl halides is 3. The van der Waals surface area contributed by atoms with E-state index in [1.807, 2.05) is 37.5 Å². The molecule has 0 unspecified atom stereocenters. The fourth-order valence-corrected chi connectivity index (χ4v) is 7.80. The first-order valence-electron chi connectivity index (χ1n) is 20.3. The molecule has 59 heavy (non-hydrogen) atoms. The molecule has 1 saturated heterocycles. The number of aryl methyl sites for hydroxylation is 1. The summed E-state index contributed by atoms with van der Waals surface area (Å²) in [5.41, 5.74) is 2.46. The fraction of sp³-hybridized carbons (Fsp3) is 0.435. The molecule has 316 valence electrons. The van der Waals surface area contributed by atoms with E-state index in [1.165, 1.54) is 23.6 Å². The predicted molar refractivity (Wildman–Crippen MR) is 220 cm³/mol. The Morgan fingerprint density at radius 3 is 2.73 bits per heavy atom. The van der Waals surface area contributed by atoms with Gasteiger partial charge in [0.1, 0.15) is 37.4 Å². The van der Waals surface area contributed by atoms with Crippen LogP contribution in [0.3, 0.4) is 0 Å². The standard InChI is InChI=1S/C46H54F3N3O7/c1-31-14-15-32(28-52-21-19-35(29-52)51-41-12-6-8-33-27-50-20-18-38(33)41)24-44(31)57-22-23-58-45(56)13-5-3-2-4-11-39-40(43(55)26-42(39)54)17-16-36(53)30-59-37-10-7-9-34(25-37)46(47,48)49/h2,4,6-10,12,14-18,20,24-25,27,35-36,39-40,42-43,51,53-55H,3,5,11,13,19,21-23,26,28-30H2,1H3/t35-,36-,39-,40-,42+,43-/m1/s1. The highest BCUT2D eigenvalue weighted by molar-refractivity contribution is 5.93. The van der Waals surface area contributed by atoms with Crippen LogP contribution in [0.5, 0.6) is 11.5 Å². The number of unbranched alkanes of at least 4 members (excludes halogenated alkanes) is 1. The van der Waals surface area contributed by atoms with E-state index in [2.05, 4.69) is 51.6 Å². The molecule has 3 aromatic carbocycles. The number of anilines is 1. The number of aromatic nitrogens is 1. The van der Waals surface area contributed by atoms with Gasteiger partial charge in [-0.25, -0.2) is 0 Å². The lowest BCUT2D eigenvalue weighted by molar-refractivity contribution is -0.144. The molecule has 6 atom stereocenters. The number of halogens is 3. The van der Waals surface area contributed by atoms with Gasteiger partial charge in [0.15, 0.2) is 0 Å². The Morgan fingerprint density at radius 2 is 1.88 bits per heavy atom. The van der Waals surface area contributed by atoms with Gasteiger partial charge in [-0.1, -0.05) is 54.6 Å². The molecule has 0 spiro atoms. The Labute approximate surface area is 343 Å². The van der Waals surface area contributed by atoms with Crippen molar-refractivity contribution in [1.29, 1.82) is 0 Å². The van der Waals surface area contributed by atoms with Gasteiger partial charge in [0.25, 0.3) is 0 Å². The van der Waals surface area contributed by atoms with Crippen LogP contribution >= 0.6 is 0 Å². The number of pyridine rings is 1. The van der Waals surface area contributed by atoms with Gasteiger partial charge >= 0.3 is 12.1 Å². The molecule has 2 aliphatic rings. The molecule has 4 aromatic rings. The van der Waals surface area contributed by atoms with Crippen LogP contribution < -0.4 is 14.8 Å². The number of esters is 1. The first-order valence-corrected chi connectivity index (χ1v) is 20.3. The van der Waals surface area contributed by atoms with E-state index in [9.17, 15) is 33.3 Å². The van der Waals surface area contributed by atoms with Crippen molar-refractivity contribution in [2.45, 2.75) is 82.5 Å². The third-order valence-corrected chi connectivity index (χ3v) is 11.0. The monoisotopic (exact) mass is 817 g/mol. The molecule has 0 radical (unpaired) electrons. The Bertz CT molecular complexity index is 2040. The van der Waals surface area contributed by atoms with E-state index in [-0.39, 0.29) is 50.3 Å². The first-order chi connectivity index (χ1) is 28.4. The minimum absolute atomic E-state index is 0.0196. The molecule has 1 saturated carbocycles. The summed E-state index contributed by atoms with van der Waals surface area (Å²) < 4.78 is 55.7. The molecular formula is C46H54F3N3O7. The SMILES string of the molecule is Cc1ccc(CN2CC[C@@H](Nc3cccc4cnccc34)C2)cc1OCCOC(=O)CCCC=CC[C@@H]1[C@@H](C=C[C@@H](O)COc2cccc(C(F)(F)F)c2)[C@H](O)C[C@@H]1O. The van der Waals surface area contributed by atoms with E-state index in [0.717, 1.165) is 66.1 Å². The normalized spacial score (nSPS) is 21.7. The zero-order chi connectivity index (χ0) is 41.8. The van der Waals surface area contributed by atoms with Crippen molar-refractivity contribution in [3.8, 4) is 11.5 Å². The molecular weight excluding hydrogens is 764 g/mol. The maximum atomic E-state index is 13.0. The minimum atomic E-state index is -4.51. The summed E-state index contributed by atoms with van der Waals surface area (Å²) >= 11 is 0. The van der Waals surface area contributed by atoms with Crippen LogP contribution in [0.25, 0.3) is 10.8 Å². The largest absolute Gasteiger partial charge is 0.491 e. The van der Waals surface area contributed by atoms with E-state index >= 15 is 0 Å². The number of nitrogens with zero attached hydrogens (tertiary/aromatic N) is 2. The van der Waals surface area contributed by atoms with Crippen molar-refractivity contribution in [1.82, 2.24) is 9.88 Å². The van der Waals surface area contributed by atoms with Crippen LogP contribution in [-0.4, -0.2) is 88.4 Å². The molecule has 1 aromatic heterocycles. The third kappa shape index (κ3) is 12.8. The Hall–Kier alpha value is -4.95. The number of aliphatic hydroxyl groups is 3. The second kappa shape index (κ2) is 20.8. The van der Waals surface area contributed by atoms with Gasteiger partial charge in [-0.2, -0.15) is 13.2 Å². The highest BCUT2D eigenvalue weighted by Gasteiger charge is 2.39. The number of rotatable bonds is 19. The molecule has 2 fully saturated rings. The smallest absolute Gasteiger partial charge is 0.416 e. The number of benzene rings is 3. The van der Waals surface area contributed by atoms with Crippen LogP contribution in [0.2, 0.25) is 0 Å². The van der Waals surface area contributed by atoms with Gasteiger partial charge in [-0.05, 0) is 86.1 Å². The number of carbonyl (C=O) groups is 1. The number of allylic oxidation sites excluding steroid dienone is 2. The maximum Gasteiger partial charge on any atom is 0.416 e. The lowest BCUT2D eigenvalue weighted by Gasteiger charge is -2.19. The van der Waals surface area contributed by atoms with Crippen molar-refractivity contribution in [3.05, 3.63) is 120 Å². The van der Waals surface area contributed by atoms with Crippen molar-refractivity contribution < 1.29 is 47.5 Å². The molecule has 0 amide bonds. The summed E-state index contributed by atoms with van der Waals surface area (Å²) in [6.45, 7) is 4.86. The number of carbonyl (C=O) groups excluding carboxylic acids is 1. The summed E-state index contributed by atoms with van der Waals surface area (Å²) in [5.74, 6) is -0.271. The average Bonchev–Trinajstić information content (AvgIpc) is 3.77. The van der Waals surface area contributed by atoms with Crippen molar-refractivity contribution in [2.75, 3.05) is 38.2 Å². The number of likely N-dealkylation sites (tertiary alicyclic amines) is 1. The predicted octanol–water partition coefficient (Wildman–Crippen LogP) is 7.64. The lowest BCUT2D eigenvalue weighted by atomic mass is 9.89. The van der Waals surface area contributed by atoms with Gasteiger partial charge in [0.2, 0.25) is 0 Å². The maximum absolute atomic E-state index is 13.0. The van der Waals surface area contributed by atoms with Crippen LogP contribution in [0.15, 0.2) is 103 Å². The second-order valence-electron chi connectivity index (χ2n) is 15.4. The summed E-state index contributed by atoms with van der Waals surface area (Å²) in [6.07, 6.45) is 6.62. The van der Waals surface area contributed by atoms with Gasteiger partial charge in [-0.3, -0.25) is 14.7 Å². The topological polar surface area (TPSA) is 134 Å². The van der Waals surface area contributed by atoms with Gasteiger partial charge in [0, 0.05) is 73.3 Å². The third-order valence-electron chi connectivity index (χ3n) is 11.0. The average molecular weight is 818 g/mol. The van der Waals surface area contributed by atoms with Crippen LogP contribution in [0, 0.1) is 18.8 Å². The zero-order valence-corrected chi connectivity index (χ0v) is 33.3. The van der Waals surface area contributed by atoms with E-state index in [0.29, 0.717) is 25.3 Å². The highest BCUT2D eigenvalue weighted by atomic mass is 19.4. The molecule has 13 heteroatoms. The summed E-state index contributed by atoms with van der Waals surface area (Å²) in [5, 5.41) is 37.5.